The van der Waals surface area contributed by atoms with Crippen LogP contribution >= 0.6 is 0 Å². The van der Waals surface area contributed by atoms with Crippen LogP contribution in [0.25, 0.3) is 0 Å². The molecule has 1 rings (SSSR count). The van der Waals surface area contributed by atoms with Gasteiger partial charge in [0.2, 0.25) is 0 Å². The van der Waals surface area contributed by atoms with E-state index >= 15 is 0 Å². The summed E-state index contributed by atoms with van der Waals surface area (Å²) in [5.41, 5.74) is 5.60. The minimum absolute atomic E-state index is 0.353. The summed E-state index contributed by atoms with van der Waals surface area (Å²) in [5.74, 6) is 3.04. The average Bonchev–Trinajstić information content (AvgIpc) is 2.37. The number of rotatable bonds is 7. The normalized spacial score (nSPS) is 30.1. The maximum Gasteiger partial charge on any atom is 0.135 e. The van der Waals surface area contributed by atoms with Crippen LogP contribution in [0.15, 0.2) is 0 Å². The highest BCUT2D eigenvalue weighted by Crippen LogP contribution is 2.34. The third-order valence-corrected chi connectivity index (χ3v) is 5.00. The van der Waals surface area contributed by atoms with Gasteiger partial charge in [0.25, 0.3) is 0 Å². The number of hydrogen-bond acceptors (Lipinski definition) is 2. The lowest BCUT2D eigenvalue weighted by molar-refractivity contribution is -0.125. The SMILES string of the molecule is CCC(CCN)CCC(=O)C1CCC(C)C(C)C1. The van der Waals surface area contributed by atoms with Crippen molar-refractivity contribution in [3.63, 3.8) is 0 Å². The Kier molecular flexibility index (Phi) is 6.91. The maximum atomic E-state index is 12.2. The molecule has 0 aromatic carbocycles. The minimum atomic E-state index is 0.353. The molecule has 0 spiro atoms. The van der Waals surface area contributed by atoms with E-state index in [1.54, 1.807) is 0 Å². The molecule has 0 bridgehead atoms. The van der Waals surface area contributed by atoms with Gasteiger partial charge in [-0.2, -0.15) is 0 Å². The molecule has 0 saturated heterocycles. The monoisotopic (exact) mass is 253 g/mol. The van der Waals surface area contributed by atoms with Crippen LogP contribution in [0.4, 0.5) is 0 Å². The summed E-state index contributed by atoms with van der Waals surface area (Å²) in [6.45, 7) is 7.58. The summed E-state index contributed by atoms with van der Waals surface area (Å²) in [6, 6.07) is 0. The van der Waals surface area contributed by atoms with Crippen LogP contribution in [0, 0.1) is 23.7 Å². The van der Waals surface area contributed by atoms with E-state index in [0.29, 0.717) is 17.6 Å². The first kappa shape index (κ1) is 15.7. The quantitative estimate of drug-likeness (QED) is 0.750. The number of nitrogens with two attached hydrogens (primary N) is 1. The molecule has 0 aliphatic heterocycles. The summed E-state index contributed by atoms with van der Waals surface area (Å²) < 4.78 is 0. The van der Waals surface area contributed by atoms with Gasteiger partial charge in [-0.1, -0.05) is 27.2 Å². The Balaban J connectivity index is 2.32. The molecule has 0 amide bonds. The molecule has 4 atom stereocenters. The Bertz CT molecular complexity index is 251. The van der Waals surface area contributed by atoms with Gasteiger partial charge in [-0.15, -0.1) is 0 Å². The third kappa shape index (κ3) is 4.72. The number of Topliss-reactive ketones (excluding diaryl/α,β-unsaturated/α-hetero) is 1. The van der Waals surface area contributed by atoms with Gasteiger partial charge in [0.05, 0.1) is 0 Å². The lowest BCUT2D eigenvalue weighted by Gasteiger charge is -2.31. The van der Waals surface area contributed by atoms with Crippen molar-refractivity contribution in [1.29, 1.82) is 0 Å². The molecule has 0 aromatic rings. The first-order valence-corrected chi connectivity index (χ1v) is 7.81. The van der Waals surface area contributed by atoms with Crippen LogP contribution in [0.2, 0.25) is 0 Å². The lowest BCUT2D eigenvalue weighted by Crippen LogP contribution is -2.26. The second kappa shape index (κ2) is 7.93. The molecule has 1 aliphatic rings. The van der Waals surface area contributed by atoms with Crippen molar-refractivity contribution in [3.05, 3.63) is 0 Å². The highest BCUT2D eigenvalue weighted by Gasteiger charge is 2.28. The Hall–Kier alpha value is -0.370. The number of carbonyl (C=O) groups excluding carboxylic acids is 1. The van der Waals surface area contributed by atoms with Gasteiger partial charge in [-0.3, -0.25) is 4.79 Å². The van der Waals surface area contributed by atoms with Crippen LogP contribution in [0.5, 0.6) is 0 Å². The molecule has 2 heteroatoms. The molecule has 0 heterocycles. The molecule has 1 aliphatic carbocycles. The molecule has 1 saturated carbocycles. The second-order valence-electron chi connectivity index (χ2n) is 6.32. The highest BCUT2D eigenvalue weighted by atomic mass is 16.1. The van der Waals surface area contributed by atoms with E-state index in [4.69, 9.17) is 5.73 Å². The largest absolute Gasteiger partial charge is 0.330 e. The molecule has 0 radical (unpaired) electrons. The molecule has 106 valence electrons. The van der Waals surface area contributed by atoms with Gasteiger partial charge >= 0.3 is 0 Å². The van der Waals surface area contributed by atoms with Crippen molar-refractivity contribution in [2.45, 2.75) is 65.7 Å². The van der Waals surface area contributed by atoms with Crippen LogP contribution in [0.1, 0.15) is 65.7 Å². The molecule has 1 fully saturated rings. The Morgan fingerprint density at radius 2 is 1.94 bits per heavy atom. The molecule has 4 unspecified atom stereocenters. The third-order valence-electron chi connectivity index (χ3n) is 5.00. The van der Waals surface area contributed by atoms with Gasteiger partial charge in [0, 0.05) is 12.3 Å². The minimum Gasteiger partial charge on any atom is -0.330 e. The Morgan fingerprint density at radius 3 is 2.50 bits per heavy atom. The topological polar surface area (TPSA) is 43.1 Å². The summed E-state index contributed by atoms with van der Waals surface area (Å²) in [7, 11) is 0. The van der Waals surface area contributed by atoms with Gasteiger partial charge < -0.3 is 5.73 Å². The van der Waals surface area contributed by atoms with E-state index in [0.717, 1.165) is 56.9 Å². The molecule has 0 aromatic heterocycles. The van der Waals surface area contributed by atoms with Gasteiger partial charge in [0.1, 0.15) is 5.78 Å². The van der Waals surface area contributed by atoms with Gasteiger partial charge in [-0.05, 0) is 56.4 Å². The van der Waals surface area contributed by atoms with E-state index in [1.165, 1.54) is 6.42 Å². The fourth-order valence-corrected chi connectivity index (χ4v) is 3.18. The number of hydrogen-bond donors (Lipinski definition) is 1. The number of carbonyl (C=O) groups is 1. The molecular formula is C16H31NO. The number of ketones is 1. The molecule has 2 nitrogen and oxygen atoms in total. The standard InChI is InChI=1S/C16H31NO/c1-4-14(9-10-17)6-8-16(18)15-7-5-12(2)13(3)11-15/h12-15H,4-11,17H2,1-3H3. The zero-order valence-corrected chi connectivity index (χ0v) is 12.5. The van der Waals surface area contributed by atoms with Gasteiger partial charge in [-0.25, -0.2) is 0 Å². The van der Waals surface area contributed by atoms with E-state index in [1.807, 2.05) is 0 Å². The maximum absolute atomic E-state index is 12.2. The second-order valence-corrected chi connectivity index (χ2v) is 6.32. The Morgan fingerprint density at radius 1 is 1.22 bits per heavy atom. The first-order valence-electron chi connectivity index (χ1n) is 7.81. The summed E-state index contributed by atoms with van der Waals surface area (Å²) in [4.78, 5) is 12.2. The summed E-state index contributed by atoms with van der Waals surface area (Å²) in [5, 5.41) is 0. The van der Waals surface area contributed by atoms with Crippen LogP contribution in [0.3, 0.4) is 0 Å². The van der Waals surface area contributed by atoms with E-state index in [2.05, 4.69) is 20.8 Å². The van der Waals surface area contributed by atoms with Crippen LogP contribution in [-0.2, 0) is 4.79 Å². The predicted octanol–water partition coefficient (Wildman–Crippen LogP) is 3.78. The van der Waals surface area contributed by atoms with E-state index in [-0.39, 0.29) is 0 Å². The van der Waals surface area contributed by atoms with E-state index < -0.39 is 0 Å². The molecule has 18 heavy (non-hydrogen) atoms. The van der Waals surface area contributed by atoms with Crippen LogP contribution in [-0.4, -0.2) is 12.3 Å². The van der Waals surface area contributed by atoms with Crippen LogP contribution < -0.4 is 5.73 Å². The lowest BCUT2D eigenvalue weighted by atomic mass is 9.73. The van der Waals surface area contributed by atoms with Crippen molar-refractivity contribution >= 4 is 5.78 Å². The zero-order chi connectivity index (χ0) is 13.5. The Labute approximate surface area is 113 Å². The van der Waals surface area contributed by atoms with Crippen molar-refractivity contribution in [2.75, 3.05) is 6.54 Å². The van der Waals surface area contributed by atoms with Crippen molar-refractivity contribution in [2.24, 2.45) is 29.4 Å². The average molecular weight is 253 g/mol. The summed E-state index contributed by atoms with van der Waals surface area (Å²) >= 11 is 0. The van der Waals surface area contributed by atoms with E-state index in [9.17, 15) is 4.79 Å². The highest BCUT2D eigenvalue weighted by molar-refractivity contribution is 5.81. The van der Waals surface area contributed by atoms with Crippen molar-refractivity contribution < 1.29 is 4.79 Å². The molecule has 2 N–H and O–H groups in total. The van der Waals surface area contributed by atoms with Crippen molar-refractivity contribution in [1.82, 2.24) is 0 Å². The van der Waals surface area contributed by atoms with Crippen molar-refractivity contribution in [3.8, 4) is 0 Å². The molecular weight excluding hydrogens is 222 g/mol. The predicted molar refractivity (Wildman–Crippen MR) is 77.4 cm³/mol. The first-order chi connectivity index (χ1) is 8.58. The van der Waals surface area contributed by atoms with Gasteiger partial charge in [0.15, 0.2) is 0 Å². The zero-order valence-electron chi connectivity index (χ0n) is 12.5. The fraction of sp³-hybridized carbons (Fsp3) is 0.938. The smallest absolute Gasteiger partial charge is 0.135 e. The summed E-state index contributed by atoms with van der Waals surface area (Å²) in [6.07, 6.45) is 7.53. The fourth-order valence-electron chi connectivity index (χ4n) is 3.18.